The van der Waals surface area contributed by atoms with Gasteiger partial charge in [-0.3, -0.25) is 14.2 Å². The summed E-state index contributed by atoms with van der Waals surface area (Å²) in [6.07, 6.45) is 0.576. The minimum Gasteiger partial charge on any atom is -0.486 e. The van der Waals surface area contributed by atoms with Crippen molar-refractivity contribution < 1.29 is 14.3 Å². The number of rotatable bonds is 7. The summed E-state index contributed by atoms with van der Waals surface area (Å²) in [7, 11) is 0. The van der Waals surface area contributed by atoms with E-state index in [1.165, 1.54) is 17.3 Å². The number of nitrogens with zero attached hydrogens (tertiary/aromatic N) is 2. The Morgan fingerprint density at radius 3 is 2.60 bits per heavy atom. The molecule has 0 unspecified atom stereocenters. The van der Waals surface area contributed by atoms with Gasteiger partial charge in [0.15, 0.2) is 22.8 Å². The number of hydrogen-bond donors (Lipinski definition) is 1. The molecule has 4 aromatic rings. The molecule has 8 heteroatoms. The van der Waals surface area contributed by atoms with Crippen LogP contribution in [0.1, 0.15) is 12.5 Å². The second kappa shape index (κ2) is 10.2. The van der Waals surface area contributed by atoms with E-state index >= 15 is 0 Å². The second-order valence-electron chi connectivity index (χ2n) is 8.21. The fourth-order valence-corrected chi connectivity index (χ4v) is 4.74. The standard InChI is InChI=1S/C27H25N3O4S/c1-2-18-11-13-19(14-12-18)28-25(31)17-35-27-29-22-8-4-3-7-21(22)26(32)30(27)15-20-16-33-23-9-5-6-10-24(23)34-20/h3-14,20H,2,15-17H2,1H3,(H,28,31)/t20-/m0/s1. The average Bonchev–Trinajstić information content (AvgIpc) is 2.89. The molecule has 1 aromatic heterocycles. The molecule has 0 radical (unpaired) electrons. The van der Waals surface area contributed by atoms with Gasteiger partial charge in [0.25, 0.3) is 5.56 Å². The van der Waals surface area contributed by atoms with Crippen LogP contribution in [0.2, 0.25) is 0 Å². The predicted octanol–water partition coefficient (Wildman–Crippen LogP) is 4.53. The van der Waals surface area contributed by atoms with Crippen LogP contribution in [0.3, 0.4) is 0 Å². The third kappa shape index (κ3) is 5.17. The van der Waals surface area contributed by atoms with E-state index in [1.807, 2.05) is 60.7 Å². The van der Waals surface area contributed by atoms with Gasteiger partial charge in [-0.1, -0.05) is 55.1 Å². The first-order valence-electron chi connectivity index (χ1n) is 11.5. The van der Waals surface area contributed by atoms with Crippen molar-refractivity contribution in [2.45, 2.75) is 31.1 Å². The zero-order valence-electron chi connectivity index (χ0n) is 19.3. The normalized spacial score (nSPS) is 14.6. The van der Waals surface area contributed by atoms with Gasteiger partial charge in [0.1, 0.15) is 6.61 Å². The topological polar surface area (TPSA) is 82.5 Å². The molecule has 0 fully saturated rings. The summed E-state index contributed by atoms with van der Waals surface area (Å²) in [5.74, 6) is 1.28. The van der Waals surface area contributed by atoms with Crippen LogP contribution >= 0.6 is 11.8 Å². The maximum atomic E-state index is 13.4. The van der Waals surface area contributed by atoms with Crippen LogP contribution in [-0.2, 0) is 17.8 Å². The van der Waals surface area contributed by atoms with Crippen molar-refractivity contribution in [3.63, 3.8) is 0 Å². The number of aromatic nitrogens is 2. The SMILES string of the molecule is CCc1ccc(NC(=O)CSc2nc3ccccc3c(=O)n2C[C@H]2COc3ccccc3O2)cc1. The largest absolute Gasteiger partial charge is 0.486 e. The molecule has 7 nitrogen and oxygen atoms in total. The summed E-state index contributed by atoms with van der Waals surface area (Å²) in [4.78, 5) is 30.7. The molecule has 1 amide bonds. The lowest BCUT2D eigenvalue weighted by Gasteiger charge is -2.27. The third-order valence-electron chi connectivity index (χ3n) is 5.76. The van der Waals surface area contributed by atoms with Gasteiger partial charge in [0, 0.05) is 5.69 Å². The second-order valence-corrected chi connectivity index (χ2v) is 9.15. The number of nitrogens with one attached hydrogen (secondary N) is 1. The Morgan fingerprint density at radius 1 is 1.06 bits per heavy atom. The van der Waals surface area contributed by atoms with E-state index in [9.17, 15) is 9.59 Å². The molecule has 1 N–H and O–H groups in total. The number of anilines is 1. The van der Waals surface area contributed by atoms with Crippen molar-refractivity contribution >= 4 is 34.3 Å². The molecule has 35 heavy (non-hydrogen) atoms. The van der Waals surface area contributed by atoms with Crippen LogP contribution in [0.4, 0.5) is 5.69 Å². The lowest BCUT2D eigenvalue weighted by atomic mass is 10.1. The van der Waals surface area contributed by atoms with Crippen molar-refractivity contribution in [1.82, 2.24) is 9.55 Å². The Kier molecular flexibility index (Phi) is 6.72. The first kappa shape index (κ1) is 23.0. The monoisotopic (exact) mass is 487 g/mol. The van der Waals surface area contributed by atoms with Gasteiger partial charge in [-0.2, -0.15) is 0 Å². The van der Waals surface area contributed by atoms with E-state index < -0.39 is 0 Å². The highest BCUT2D eigenvalue weighted by Crippen LogP contribution is 2.31. The number of amides is 1. The van der Waals surface area contributed by atoms with Gasteiger partial charge in [0.05, 0.1) is 23.2 Å². The number of hydrogen-bond acceptors (Lipinski definition) is 6. The molecule has 3 aromatic carbocycles. The molecule has 0 aliphatic carbocycles. The lowest BCUT2D eigenvalue weighted by molar-refractivity contribution is -0.113. The van der Waals surface area contributed by atoms with Gasteiger partial charge in [-0.25, -0.2) is 4.98 Å². The highest BCUT2D eigenvalue weighted by molar-refractivity contribution is 7.99. The van der Waals surface area contributed by atoms with Crippen molar-refractivity contribution in [3.8, 4) is 11.5 Å². The van der Waals surface area contributed by atoms with E-state index in [2.05, 4.69) is 12.2 Å². The van der Waals surface area contributed by atoms with E-state index in [-0.39, 0.29) is 29.9 Å². The number of carbonyl (C=O) groups is 1. The summed E-state index contributed by atoms with van der Waals surface area (Å²) in [6, 6.07) is 22.5. The maximum absolute atomic E-state index is 13.4. The number of thioether (sulfide) groups is 1. The lowest BCUT2D eigenvalue weighted by Crippen LogP contribution is -2.37. The van der Waals surface area contributed by atoms with E-state index in [1.54, 1.807) is 16.7 Å². The average molecular weight is 488 g/mol. The fourth-order valence-electron chi connectivity index (χ4n) is 3.93. The maximum Gasteiger partial charge on any atom is 0.262 e. The number of fused-ring (bicyclic) bond motifs is 2. The number of ether oxygens (including phenoxy) is 2. The van der Waals surface area contributed by atoms with Gasteiger partial charge in [-0.05, 0) is 48.4 Å². The number of para-hydroxylation sites is 3. The molecule has 1 aliphatic heterocycles. The Morgan fingerprint density at radius 2 is 1.80 bits per heavy atom. The molecule has 0 bridgehead atoms. The third-order valence-corrected chi connectivity index (χ3v) is 6.74. The zero-order valence-corrected chi connectivity index (χ0v) is 20.1. The van der Waals surface area contributed by atoms with Crippen LogP contribution in [0, 0.1) is 0 Å². The Labute approximate surface area is 207 Å². The molecule has 178 valence electrons. The summed E-state index contributed by atoms with van der Waals surface area (Å²) < 4.78 is 13.5. The van der Waals surface area contributed by atoms with Crippen molar-refractivity contribution in [2.24, 2.45) is 0 Å². The van der Waals surface area contributed by atoms with Crippen LogP contribution < -0.4 is 20.3 Å². The molecule has 5 rings (SSSR count). The molecule has 0 saturated heterocycles. The number of benzene rings is 3. The molecule has 0 spiro atoms. The van der Waals surface area contributed by atoms with E-state index in [4.69, 9.17) is 14.5 Å². The van der Waals surface area contributed by atoms with Crippen molar-refractivity contribution in [3.05, 3.63) is 88.7 Å². The summed E-state index contributed by atoms with van der Waals surface area (Å²) in [6.45, 7) is 2.66. The minimum absolute atomic E-state index is 0.116. The molecule has 0 saturated carbocycles. The first-order chi connectivity index (χ1) is 17.1. The fraction of sp³-hybridized carbons (Fsp3) is 0.222. The van der Waals surface area contributed by atoms with Gasteiger partial charge >= 0.3 is 0 Å². The number of carbonyl (C=O) groups excluding carboxylic acids is 1. The van der Waals surface area contributed by atoms with Crippen LogP contribution in [0.5, 0.6) is 11.5 Å². The molecule has 1 atom stereocenters. The van der Waals surface area contributed by atoms with Crippen molar-refractivity contribution in [2.75, 3.05) is 17.7 Å². The first-order valence-corrected chi connectivity index (χ1v) is 12.5. The molecular weight excluding hydrogens is 462 g/mol. The van der Waals surface area contributed by atoms with Crippen LogP contribution in [0.15, 0.2) is 82.7 Å². The number of aryl methyl sites for hydroxylation is 1. The quantitative estimate of drug-likeness (QED) is 0.305. The summed E-state index contributed by atoms with van der Waals surface area (Å²) in [5, 5.41) is 3.90. The highest BCUT2D eigenvalue weighted by Gasteiger charge is 2.24. The molecular formula is C27H25N3O4S. The van der Waals surface area contributed by atoms with Gasteiger partial charge < -0.3 is 14.8 Å². The summed E-state index contributed by atoms with van der Waals surface area (Å²) in [5.41, 5.74) is 2.37. The Hall–Kier alpha value is -3.78. The molecule has 2 heterocycles. The Balaban J connectivity index is 1.36. The smallest absolute Gasteiger partial charge is 0.262 e. The Bertz CT molecular complexity index is 1420. The van der Waals surface area contributed by atoms with Crippen LogP contribution in [0.25, 0.3) is 10.9 Å². The summed E-state index contributed by atoms with van der Waals surface area (Å²) >= 11 is 1.23. The van der Waals surface area contributed by atoms with Crippen molar-refractivity contribution in [1.29, 1.82) is 0 Å². The van der Waals surface area contributed by atoms with E-state index in [0.29, 0.717) is 34.2 Å². The van der Waals surface area contributed by atoms with E-state index in [0.717, 1.165) is 12.1 Å². The van der Waals surface area contributed by atoms with Crippen LogP contribution in [-0.4, -0.2) is 33.9 Å². The van der Waals surface area contributed by atoms with Gasteiger partial charge in [0.2, 0.25) is 5.91 Å². The van der Waals surface area contributed by atoms with Gasteiger partial charge in [-0.15, -0.1) is 0 Å². The minimum atomic E-state index is -0.365. The predicted molar refractivity (Wildman–Crippen MR) is 138 cm³/mol. The highest BCUT2D eigenvalue weighted by atomic mass is 32.2. The zero-order chi connectivity index (χ0) is 24.2. The molecule has 1 aliphatic rings.